The van der Waals surface area contributed by atoms with Crippen LogP contribution in [-0.4, -0.2) is 30.5 Å². The van der Waals surface area contributed by atoms with Crippen molar-refractivity contribution in [3.63, 3.8) is 0 Å². The Kier molecular flexibility index (Phi) is 8.53. The van der Waals surface area contributed by atoms with Crippen LogP contribution in [0.1, 0.15) is 63.9 Å². The summed E-state index contributed by atoms with van der Waals surface area (Å²) in [5.74, 6) is -0.681. The van der Waals surface area contributed by atoms with Crippen molar-refractivity contribution in [3.8, 4) is 0 Å². The van der Waals surface area contributed by atoms with Crippen LogP contribution in [0.2, 0.25) is 0 Å². The van der Waals surface area contributed by atoms with Crippen LogP contribution < -0.4 is 4.90 Å². The van der Waals surface area contributed by atoms with Crippen LogP contribution in [0.3, 0.4) is 0 Å². The maximum absolute atomic E-state index is 10.5. The smallest absolute Gasteiger partial charge is 0.303 e. The molecule has 0 bridgehead atoms. The van der Waals surface area contributed by atoms with Crippen molar-refractivity contribution in [1.29, 1.82) is 0 Å². The second-order valence-corrected chi connectivity index (χ2v) is 6.58. The normalized spacial score (nSPS) is 16.0. The van der Waals surface area contributed by atoms with E-state index in [1.54, 1.807) is 0 Å². The van der Waals surface area contributed by atoms with Crippen LogP contribution in [0.15, 0.2) is 30.3 Å². The molecule has 4 heteroatoms. The van der Waals surface area contributed by atoms with Crippen LogP contribution in [0, 0.1) is 0 Å². The number of fused-ring (bicyclic) bond motifs is 1. The van der Waals surface area contributed by atoms with Gasteiger partial charge < -0.3 is 14.7 Å². The Labute approximate surface area is 151 Å². The molecule has 138 valence electrons. The molecular weight excluding hydrogens is 314 g/mol. The number of unbranched alkanes of at least 4 members (excludes halogenated alkanes) is 6. The van der Waals surface area contributed by atoms with Crippen molar-refractivity contribution in [2.45, 2.75) is 64.5 Å². The number of hydrogen-bond donors (Lipinski definition) is 1. The highest BCUT2D eigenvalue weighted by atomic mass is 16.5. The van der Waals surface area contributed by atoms with E-state index in [9.17, 15) is 4.79 Å². The summed E-state index contributed by atoms with van der Waals surface area (Å²) >= 11 is 0. The minimum absolute atomic E-state index is 0.0379. The highest BCUT2D eigenvalue weighted by molar-refractivity contribution is 5.71. The average Bonchev–Trinajstić information content (AvgIpc) is 2.61. The molecule has 0 fully saturated rings. The van der Waals surface area contributed by atoms with Gasteiger partial charge in [0.2, 0.25) is 0 Å². The summed E-state index contributed by atoms with van der Waals surface area (Å²) in [6.07, 6.45) is 12.4. The quantitative estimate of drug-likeness (QED) is 0.536. The molecule has 0 radical (unpaired) electrons. The zero-order valence-electron chi connectivity index (χ0n) is 15.3. The number of benzene rings is 1. The fraction of sp³-hybridized carbons (Fsp3) is 0.571. The first kappa shape index (κ1) is 19.5. The van der Waals surface area contributed by atoms with Gasteiger partial charge in [-0.05, 0) is 37.5 Å². The summed E-state index contributed by atoms with van der Waals surface area (Å²) in [5, 5.41) is 8.62. The lowest BCUT2D eigenvalue weighted by molar-refractivity contribution is -0.137. The van der Waals surface area contributed by atoms with Crippen molar-refractivity contribution >= 4 is 17.7 Å². The van der Waals surface area contributed by atoms with Gasteiger partial charge in [-0.1, -0.05) is 56.4 Å². The summed E-state index contributed by atoms with van der Waals surface area (Å²) in [7, 11) is 0. The number of nitrogens with zero attached hydrogens (tertiary/aromatic N) is 1. The van der Waals surface area contributed by atoms with E-state index in [0.29, 0.717) is 13.0 Å². The molecule has 0 amide bonds. The molecule has 1 N–H and O–H groups in total. The van der Waals surface area contributed by atoms with Crippen LogP contribution in [0.25, 0.3) is 6.08 Å². The molecular formula is C21H31NO3. The average molecular weight is 345 g/mol. The van der Waals surface area contributed by atoms with E-state index in [0.717, 1.165) is 32.2 Å². The predicted molar refractivity (Wildman–Crippen MR) is 103 cm³/mol. The maximum Gasteiger partial charge on any atom is 0.303 e. The van der Waals surface area contributed by atoms with E-state index in [4.69, 9.17) is 9.84 Å². The third-order valence-corrected chi connectivity index (χ3v) is 4.62. The summed E-state index contributed by atoms with van der Waals surface area (Å²) in [4.78, 5) is 12.8. The SMILES string of the molecule is CCOC1C=Cc2ccccc2N1CCCCCCCCCC(=O)O. The number of hydrogen-bond acceptors (Lipinski definition) is 3. The highest BCUT2D eigenvalue weighted by Crippen LogP contribution is 2.29. The van der Waals surface area contributed by atoms with E-state index in [1.165, 1.54) is 30.5 Å². The molecule has 1 aliphatic rings. The minimum Gasteiger partial charge on any atom is -0.481 e. The van der Waals surface area contributed by atoms with Gasteiger partial charge >= 0.3 is 5.97 Å². The number of anilines is 1. The summed E-state index contributed by atoms with van der Waals surface area (Å²) < 4.78 is 5.89. The van der Waals surface area contributed by atoms with Gasteiger partial charge in [0.1, 0.15) is 6.23 Å². The third-order valence-electron chi connectivity index (χ3n) is 4.62. The number of carboxylic acid groups (broad SMARTS) is 1. The number of rotatable bonds is 12. The fourth-order valence-electron chi connectivity index (χ4n) is 3.32. The standard InChI is InChI=1S/C21H31NO3/c1-2-25-20-16-15-18-12-9-10-13-19(18)22(20)17-11-7-5-3-4-6-8-14-21(23)24/h9-10,12-13,15-16,20H,2-8,11,14,17H2,1H3,(H,23,24). The van der Waals surface area contributed by atoms with Gasteiger partial charge in [0.15, 0.2) is 0 Å². The minimum atomic E-state index is -0.681. The first-order valence-corrected chi connectivity index (χ1v) is 9.59. The number of carbonyl (C=O) groups is 1. The molecule has 0 saturated carbocycles. The summed E-state index contributed by atoms with van der Waals surface area (Å²) in [6, 6.07) is 8.49. The first-order valence-electron chi connectivity index (χ1n) is 9.59. The van der Waals surface area contributed by atoms with Gasteiger partial charge in [-0.3, -0.25) is 4.79 Å². The zero-order valence-corrected chi connectivity index (χ0v) is 15.3. The molecule has 1 aliphatic heterocycles. The number of aliphatic carboxylic acids is 1. The summed E-state index contributed by atoms with van der Waals surface area (Å²) in [5.41, 5.74) is 2.52. The molecule has 1 aromatic rings. The Morgan fingerprint density at radius 3 is 2.48 bits per heavy atom. The van der Waals surface area contributed by atoms with Crippen LogP contribution in [0.4, 0.5) is 5.69 Å². The van der Waals surface area contributed by atoms with E-state index in [1.807, 2.05) is 6.92 Å². The fourth-order valence-corrected chi connectivity index (χ4v) is 3.32. The van der Waals surface area contributed by atoms with Gasteiger partial charge in [0.05, 0.1) is 0 Å². The lowest BCUT2D eigenvalue weighted by Crippen LogP contribution is -2.38. The molecule has 0 aromatic heterocycles. The topological polar surface area (TPSA) is 49.8 Å². The van der Waals surface area contributed by atoms with E-state index >= 15 is 0 Å². The van der Waals surface area contributed by atoms with Crippen molar-refractivity contribution in [1.82, 2.24) is 0 Å². The van der Waals surface area contributed by atoms with E-state index in [2.05, 4.69) is 41.3 Å². The van der Waals surface area contributed by atoms with Crippen molar-refractivity contribution in [3.05, 3.63) is 35.9 Å². The van der Waals surface area contributed by atoms with E-state index < -0.39 is 5.97 Å². The van der Waals surface area contributed by atoms with Crippen LogP contribution in [-0.2, 0) is 9.53 Å². The van der Waals surface area contributed by atoms with Gasteiger partial charge in [-0.15, -0.1) is 0 Å². The zero-order chi connectivity index (χ0) is 17.9. The molecule has 0 saturated heterocycles. The molecule has 0 spiro atoms. The number of carboxylic acids is 1. The van der Waals surface area contributed by atoms with Gasteiger partial charge in [-0.2, -0.15) is 0 Å². The van der Waals surface area contributed by atoms with Gasteiger partial charge in [0.25, 0.3) is 0 Å². The lowest BCUT2D eigenvalue weighted by atomic mass is 10.1. The summed E-state index contributed by atoms with van der Waals surface area (Å²) in [6.45, 7) is 3.76. The molecule has 1 unspecified atom stereocenters. The van der Waals surface area contributed by atoms with Crippen molar-refractivity contribution in [2.24, 2.45) is 0 Å². The second kappa shape index (κ2) is 10.9. The molecule has 1 atom stereocenters. The van der Waals surface area contributed by atoms with Crippen molar-refractivity contribution < 1.29 is 14.6 Å². The Morgan fingerprint density at radius 2 is 1.76 bits per heavy atom. The Hall–Kier alpha value is -1.81. The van der Waals surface area contributed by atoms with Gasteiger partial charge in [-0.25, -0.2) is 0 Å². The van der Waals surface area contributed by atoms with Crippen LogP contribution in [0.5, 0.6) is 0 Å². The maximum atomic E-state index is 10.5. The molecule has 4 nitrogen and oxygen atoms in total. The lowest BCUT2D eigenvalue weighted by Gasteiger charge is -2.35. The third kappa shape index (κ3) is 6.54. The van der Waals surface area contributed by atoms with Crippen LogP contribution >= 0.6 is 0 Å². The number of para-hydroxylation sites is 1. The molecule has 2 rings (SSSR count). The second-order valence-electron chi connectivity index (χ2n) is 6.58. The molecule has 1 aromatic carbocycles. The Morgan fingerprint density at radius 1 is 1.08 bits per heavy atom. The Balaban J connectivity index is 1.69. The van der Waals surface area contributed by atoms with E-state index in [-0.39, 0.29) is 6.23 Å². The predicted octanol–water partition coefficient (Wildman–Crippen LogP) is 5.09. The molecule has 1 heterocycles. The number of ether oxygens (including phenoxy) is 1. The molecule has 25 heavy (non-hydrogen) atoms. The Bertz CT molecular complexity index is 556. The molecule has 0 aliphatic carbocycles. The highest BCUT2D eigenvalue weighted by Gasteiger charge is 2.21. The monoisotopic (exact) mass is 345 g/mol. The largest absolute Gasteiger partial charge is 0.481 e. The first-order chi connectivity index (χ1) is 12.2. The van der Waals surface area contributed by atoms with Crippen molar-refractivity contribution in [2.75, 3.05) is 18.1 Å². The van der Waals surface area contributed by atoms with Gasteiger partial charge in [0, 0.05) is 25.3 Å².